The minimum atomic E-state index is -0.687. The summed E-state index contributed by atoms with van der Waals surface area (Å²) < 4.78 is 28.1. The summed E-state index contributed by atoms with van der Waals surface area (Å²) in [6.45, 7) is 3.61. The van der Waals surface area contributed by atoms with Crippen molar-refractivity contribution in [3.63, 3.8) is 0 Å². The van der Waals surface area contributed by atoms with Crippen molar-refractivity contribution in [2.45, 2.75) is 38.8 Å². The number of methoxy groups -OCH3 is 2. The van der Waals surface area contributed by atoms with Crippen LogP contribution in [0.4, 0.5) is 0 Å². The minimum absolute atomic E-state index is 0.206. The summed E-state index contributed by atoms with van der Waals surface area (Å²) in [5.41, 5.74) is 1.73. The van der Waals surface area contributed by atoms with Crippen molar-refractivity contribution < 1.29 is 28.5 Å². The third kappa shape index (κ3) is 5.51. The number of benzene rings is 2. The number of esters is 1. The Hall–Kier alpha value is -2.99. The summed E-state index contributed by atoms with van der Waals surface area (Å²) in [5.74, 6) is 1.50. The largest absolute Gasteiger partial charge is 0.497 e. The van der Waals surface area contributed by atoms with Crippen LogP contribution in [0.25, 0.3) is 0 Å². The van der Waals surface area contributed by atoms with Gasteiger partial charge in [0.2, 0.25) is 6.29 Å². The highest BCUT2D eigenvalue weighted by Gasteiger charge is 2.30. The molecule has 29 heavy (non-hydrogen) atoms. The van der Waals surface area contributed by atoms with Crippen molar-refractivity contribution in [3.05, 3.63) is 71.5 Å². The van der Waals surface area contributed by atoms with Crippen LogP contribution in [0.1, 0.15) is 43.8 Å². The zero-order chi connectivity index (χ0) is 20.8. The van der Waals surface area contributed by atoms with Crippen molar-refractivity contribution in [3.8, 4) is 11.5 Å². The van der Waals surface area contributed by atoms with E-state index in [9.17, 15) is 4.79 Å². The maximum atomic E-state index is 12.1. The molecule has 3 rings (SSSR count). The van der Waals surface area contributed by atoms with Crippen molar-refractivity contribution in [1.82, 2.24) is 0 Å². The monoisotopic (exact) mass is 398 g/mol. The van der Waals surface area contributed by atoms with E-state index in [0.29, 0.717) is 17.9 Å². The van der Waals surface area contributed by atoms with Crippen LogP contribution in [0.3, 0.4) is 0 Å². The van der Waals surface area contributed by atoms with Gasteiger partial charge in [0, 0.05) is 12.0 Å². The summed E-state index contributed by atoms with van der Waals surface area (Å²) in [6, 6.07) is 15.1. The molecule has 0 unspecified atom stereocenters. The van der Waals surface area contributed by atoms with E-state index in [1.165, 1.54) is 6.08 Å². The molecule has 2 aromatic carbocycles. The Morgan fingerprint density at radius 2 is 1.66 bits per heavy atom. The molecule has 154 valence electrons. The molecule has 1 fully saturated rings. The van der Waals surface area contributed by atoms with Gasteiger partial charge in [-0.3, -0.25) is 0 Å². The van der Waals surface area contributed by atoms with E-state index in [4.69, 9.17) is 23.7 Å². The van der Waals surface area contributed by atoms with Crippen LogP contribution in [0.5, 0.6) is 11.5 Å². The quantitative estimate of drug-likeness (QED) is 0.518. The minimum Gasteiger partial charge on any atom is -0.497 e. The lowest BCUT2D eigenvalue weighted by atomic mass is 10.0. The molecule has 0 bridgehead atoms. The molecule has 6 heteroatoms. The van der Waals surface area contributed by atoms with Crippen LogP contribution in [-0.4, -0.2) is 26.3 Å². The molecular formula is C23H26O6. The third-order valence-corrected chi connectivity index (χ3v) is 4.40. The Balaban J connectivity index is 1.91. The Labute approximate surface area is 171 Å². The van der Waals surface area contributed by atoms with E-state index in [1.807, 2.05) is 48.5 Å². The number of carbonyl (C=O) groups is 1. The maximum Gasteiger partial charge on any atom is 0.334 e. The van der Waals surface area contributed by atoms with Gasteiger partial charge in [-0.1, -0.05) is 24.3 Å². The van der Waals surface area contributed by atoms with Crippen LogP contribution in [0.2, 0.25) is 0 Å². The molecular weight excluding hydrogens is 372 g/mol. The Morgan fingerprint density at radius 1 is 1.03 bits per heavy atom. The average molecular weight is 398 g/mol. The standard InChI is InChI=1S/C23H26O6/c1-15(2)27-22(24)14-20-13-21(16-7-5-9-18(11-16)25-3)29-23(28-20)17-8-6-10-19(12-17)26-4/h5-12,14-15,21,23H,13H2,1-4H3/b20-14+/t21-,23-/m0/s1. The first kappa shape index (κ1) is 20.7. The molecule has 0 spiro atoms. The van der Waals surface area contributed by atoms with E-state index in [1.54, 1.807) is 28.1 Å². The van der Waals surface area contributed by atoms with E-state index in [-0.39, 0.29) is 12.2 Å². The van der Waals surface area contributed by atoms with E-state index < -0.39 is 12.3 Å². The number of ether oxygens (including phenoxy) is 5. The predicted molar refractivity (Wildman–Crippen MR) is 108 cm³/mol. The molecule has 0 saturated carbocycles. The molecule has 0 N–H and O–H groups in total. The molecule has 0 aromatic heterocycles. The fraction of sp³-hybridized carbons (Fsp3) is 0.348. The van der Waals surface area contributed by atoms with Crippen LogP contribution in [-0.2, 0) is 19.0 Å². The highest BCUT2D eigenvalue weighted by atomic mass is 16.7. The zero-order valence-corrected chi connectivity index (χ0v) is 17.1. The molecule has 1 aliphatic heterocycles. The fourth-order valence-corrected chi connectivity index (χ4v) is 3.06. The summed E-state index contributed by atoms with van der Waals surface area (Å²) in [5, 5.41) is 0. The van der Waals surface area contributed by atoms with Crippen molar-refractivity contribution in [2.24, 2.45) is 0 Å². The van der Waals surface area contributed by atoms with E-state index >= 15 is 0 Å². The fourth-order valence-electron chi connectivity index (χ4n) is 3.06. The van der Waals surface area contributed by atoms with E-state index in [2.05, 4.69) is 0 Å². The number of carbonyl (C=O) groups excluding carboxylic acids is 1. The van der Waals surface area contributed by atoms with Crippen LogP contribution in [0, 0.1) is 0 Å². The molecule has 0 amide bonds. The first-order valence-corrected chi connectivity index (χ1v) is 9.49. The SMILES string of the molecule is COc1cccc([C@H]2O/C(=C/C(=O)OC(C)C)C[C@@H](c3cccc(OC)c3)O2)c1. The van der Waals surface area contributed by atoms with Crippen molar-refractivity contribution >= 4 is 5.97 Å². The van der Waals surface area contributed by atoms with E-state index in [0.717, 1.165) is 16.9 Å². The van der Waals surface area contributed by atoms with Crippen molar-refractivity contribution in [2.75, 3.05) is 14.2 Å². The summed E-state index contributed by atoms with van der Waals surface area (Å²) >= 11 is 0. The van der Waals surface area contributed by atoms with Gasteiger partial charge in [-0.15, -0.1) is 0 Å². The van der Waals surface area contributed by atoms with Crippen molar-refractivity contribution in [1.29, 1.82) is 0 Å². The van der Waals surface area contributed by atoms with Gasteiger partial charge in [0.05, 0.1) is 32.5 Å². The van der Waals surface area contributed by atoms with Gasteiger partial charge in [0.15, 0.2) is 0 Å². The van der Waals surface area contributed by atoms with Crippen LogP contribution >= 0.6 is 0 Å². The Bertz CT molecular complexity index is 816. The first-order chi connectivity index (χ1) is 14.0. The molecule has 2 atom stereocenters. The normalized spacial score (nSPS) is 20.2. The first-order valence-electron chi connectivity index (χ1n) is 9.49. The maximum absolute atomic E-state index is 12.1. The number of hydrogen-bond donors (Lipinski definition) is 0. The molecule has 0 radical (unpaired) electrons. The topological polar surface area (TPSA) is 63.2 Å². The summed E-state index contributed by atoms with van der Waals surface area (Å²) in [6.07, 6.45) is 0.591. The third-order valence-electron chi connectivity index (χ3n) is 4.40. The molecule has 0 aliphatic carbocycles. The zero-order valence-electron chi connectivity index (χ0n) is 17.1. The molecule has 1 aliphatic rings. The van der Waals surface area contributed by atoms with Gasteiger partial charge in [-0.2, -0.15) is 0 Å². The van der Waals surface area contributed by atoms with Crippen LogP contribution in [0.15, 0.2) is 60.4 Å². The Morgan fingerprint density at radius 3 is 2.28 bits per heavy atom. The average Bonchev–Trinajstić information content (AvgIpc) is 2.73. The molecule has 6 nitrogen and oxygen atoms in total. The smallest absolute Gasteiger partial charge is 0.334 e. The second kappa shape index (κ2) is 9.47. The van der Waals surface area contributed by atoms with Gasteiger partial charge in [0.25, 0.3) is 0 Å². The highest BCUT2D eigenvalue weighted by molar-refractivity contribution is 5.82. The van der Waals surface area contributed by atoms with Gasteiger partial charge in [-0.05, 0) is 43.7 Å². The summed E-state index contributed by atoms with van der Waals surface area (Å²) in [7, 11) is 3.23. The lowest BCUT2D eigenvalue weighted by Crippen LogP contribution is -2.22. The lowest BCUT2D eigenvalue weighted by Gasteiger charge is -2.33. The lowest BCUT2D eigenvalue weighted by molar-refractivity contribution is -0.191. The molecule has 1 heterocycles. The van der Waals surface area contributed by atoms with Crippen LogP contribution < -0.4 is 9.47 Å². The summed E-state index contributed by atoms with van der Waals surface area (Å²) in [4.78, 5) is 12.1. The second-order valence-corrected chi connectivity index (χ2v) is 6.93. The van der Waals surface area contributed by atoms with Gasteiger partial charge >= 0.3 is 5.97 Å². The number of rotatable bonds is 6. The Kier molecular flexibility index (Phi) is 6.77. The molecule has 2 aromatic rings. The predicted octanol–water partition coefficient (Wildman–Crippen LogP) is 4.72. The van der Waals surface area contributed by atoms with Gasteiger partial charge in [0.1, 0.15) is 17.3 Å². The van der Waals surface area contributed by atoms with Gasteiger partial charge in [-0.25, -0.2) is 4.79 Å². The second-order valence-electron chi connectivity index (χ2n) is 6.93. The van der Waals surface area contributed by atoms with Gasteiger partial charge < -0.3 is 23.7 Å². The number of hydrogen-bond acceptors (Lipinski definition) is 6. The highest BCUT2D eigenvalue weighted by Crippen LogP contribution is 2.40. The molecule has 1 saturated heterocycles.